The highest BCUT2D eigenvalue weighted by atomic mass is 35.5. The first-order valence-corrected chi connectivity index (χ1v) is 5.55. The third kappa shape index (κ3) is 3.97. The van der Waals surface area contributed by atoms with Gasteiger partial charge in [-0.2, -0.15) is 0 Å². The number of hydrogen-bond donors (Lipinski definition) is 3. The van der Waals surface area contributed by atoms with Crippen LogP contribution in [0.4, 0.5) is 0 Å². The molecule has 1 amide bonds. The Kier molecular flexibility index (Phi) is 5.36. The maximum Gasteiger partial charge on any atom is 0.220 e. The molecule has 15 heavy (non-hydrogen) atoms. The van der Waals surface area contributed by atoms with Crippen molar-refractivity contribution in [1.29, 1.82) is 0 Å². The van der Waals surface area contributed by atoms with Gasteiger partial charge in [0.25, 0.3) is 0 Å². The molecule has 0 aromatic carbocycles. The molecule has 0 radical (unpaired) electrons. The molecular formula is C10H20ClN3O. The Morgan fingerprint density at radius 3 is 2.60 bits per heavy atom. The molecule has 0 saturated carbocycles. The molecule has 2 rings (SSSR count). The molecule has 2 aliphatic heterocycles. The van der Waals surface area contributed by atoms with E-state index in [1.807, 2.05) is 0 Å². The molecule has 2 fully saturated rings. The van der Waals surface area contributed by atoms with Crippen LogP contribution in [0.2, 0.25) is 0 Å². The number of halogens is 1. The van der Waals surface area contributed by atoms with E-state index in [0.29, 0.717) is 18.4 Å². The Morgan fingerprint density at radius 1 is 1.27 bits per heavy atom. The summed E-state index contributed by atoms with van der Waals surface area (Å²) < 4.78 is 0. The lowest BCUT2D eigenvalue weighted by Gasteiger charge is -2.28. The van der Waals surface area contributed by atoms with Crippen molar-refractivity contribution in [2.45, 2.75) is 25.3 Å². The molecule has 0 unspecified atom stereocenters. The molecule has 0 aromatic rings. The quantitative estimate of drug-likeness (QED) is 0.638. The minimum Gasteiger partial charge on any atom is -0.352 e. The summed E-state index contributed by atoms with van der Waals surface area (Å²) in [6.07, 6.45) is 3.00. The first-order chi connectivity index (χ1) is 6.84. The van der Waals surface area contributed by atoms with E-state index >= 15 is 0 Å². The molecule has 0 aromatic heterocycles. The van der Waals surface area contributed by atoms with Gasteiger partial charge in [-0.05, 0) is 38.4 Å². The fraction of sp³-hybridized carbons (Fsp3) is 0.900. The first-order valence-electron chi connectivity index (χ1n) is 5.55. The van der Waals surface area contributed by atoms with E-state index in [1.165, 1.54) is 6.42 Å². The Balaban J connectivity index is 0.00000112. The maximum absolute atomic E-state index is 11.5. The van der Waals surface area contributed by atoms with Crippen LogP contribution in [-0.4, -0.2) is 38.1 Å². The molecule has 2 aliphatic rings. The molecule has 88 valence electrons. The van der Waals surface area contributed by atoms with Crippen molar-refractivity contribution in [3.05, 3.63) is 0 Å². The Morgan fingerprint density at radius 2 is 2.07 bits per heavy atom. The van der Waals surface area contributed by atoms with Crippen molar-refractivity contribution in [1.82, 2.24) is 16.0 Å². The van der Waals surface area contributed by atoms with Crippen molar-refractivity contribution >= 4 is 18.3 Å². The number of rotatable bonds is 3. The normalized spacial score (nSPS) is 26.3. The van der Waals surface area contributed by atoms with Crippen LogP contribution >= 0.6 is 12.4 Å². The standard InChI is InChI=1S/C10H19N3O.ClH/c14-10(4-8-5-12-6-8)13-9-2-1-3-11-7-9;/h8-9,11-12H,1-7H2,(H,13,14);1H/t9-;/m1./s1. The number of carbonyl (C=O) groups excluding carboxylic acids is 1. The van der Waals surface area contributed by atoms with E-state index in [-0.39, 0.29) is 18.3 Å². The van der Waals surface area contributed by atoms with Crippen molar-refractivity contribution in [3.63, 3.8) is 0 Å². The zero-order chi connectivity index (χ0) is 9.80. The number of carbonyl (C=O) groups is 1. The minimum atomic E-state index is 0. The van der Waals surface area contributed by atoms with Crippen LogP contribution in [0.3, 0.4) is 0 Å². The lowest BCUT2D eigenvalue weighted by atomic mass is 9.98. The lowest BCUT2D eigenvalue weighted by Crippen LogP contribution is -2.49. The number of amides is 1. The SMILES string of the molecule is Cl.O=C(CC1CNC1)N[C@@H]1CCCNC1. The van der Waals surface area contributed by atoms with E-state index in [2.05, 4.69) is 16.0 Å². The summed E-state index contributed by atoms with van der Waals surface area (Å²) in [5.74, 6) is 0.803. The van der Waals surface area contributed by atoms with Crippen molar-refractivity contribution in [2.75, 3.05) is 26.2 Å². The van der Waals surface area contributed by atoms with Crippen LogP contribution < -0.4 is 16.0 Å². The average molecular weight is 234 g/mol. The molecule has 3 N–H and O–H groups in total. The molecule has 2 saturated heterocycles. The highest BCUT2D eigenvalue weighted by Crippen LogP contribution is 2.09. The Labute approximate surface area is 97.0 Å². The summed E-state index contributed by atoms with van der Waals surface area (Å²) in [7, 11) is 0. The maximum atomic E-state index is 11.5. The van der Waals surface area contributed by atoms with Gasteiger partial charge in [0.05, 0.1) is 0 Å². The van der Waals surface area contributed by atoms with Gasteiger partial charge in [-0.25, -0.2) is 0 Å². The van der Waals surface area contributed by atoms with Gasteiger partial charge in [-0.1, -0.05) is 0 Å². The summed E-state index contributed by atoms with van der Waals surface area (Å²) >= 11 is 0. The van der Waals surface area contributed by atoms with E-state index < -0.39 is 0 Å². The predicted molar refractivity (Wildman–Crippen MR) is 62.3 cm³/mol. The summed E-state index contributed by atoms with van der Waals surface area (Å²) in [4.78, 5) is 11.5. The third-order valence-corrected chi connectivity index (χ3v) is 3.00. The highest BCUT2D eigenvalue weighted by molar-refractivity contribution is 5.85. The summed E-state index contributed by atoms with van der Waals surface area (Å²) in [5.41, 5.74) is 0. The zero-order valence-corrected chi connectivity index (χ0v) is 9.74. The minimum absolute atomic E-state index is 0. The number of hydrogen-bond acceptors (Lipinski definition) is 3. The van der Waals surface area contributed by atoms with Crippen LogP contribution in [-0.2, 0) is 4.79 Å². The Bertz CT molecular complexity index is 203. The number of nitrogens with one attached hydrogen (secondary N) is 3. The molecule has 4 nitrogen and oxygen atoms in total. The van der Waals surface area contributed by atoms with E-state index in [9.17, 15) is 4.79 Å². The fourth-order valence-electron chi connectivity index (χ4n) is 2.02. The summed E-state index contributed by atoms with van der Waals surface area (Å²) in [6.45, 7) is 4.06. The summed E-state index contributed by atoms with van der Waals surface area (Å²) in [5, 5.41) is 9.56. The lowest BCUT2D eigenvalue weighted by molar-refractivity contribution is -0.123. The van der Waals surface area contributed by atoms with Gasteiger partial charge in [-0.15, -0.1) is 12.4 Å². The molecule has 5 heteroatoms. The van der Waals surface area contributed by atoms with Gasteiger partial charge in [0, 0.05) is 19.0 Å². The zero-order valence-electron chi connectivity index (χ0n) is 8.92. The smallest absolute Gasteiger partial charge is 0.220 e. The number of piperidine rings is 1. The molecule has 2 heterocycles. The van der Waals surface area contributed by atoms with Crippen molar-refractivity contribution in [2.24, 2.45) is 5.92 Å². The first kappa shape index (κ1) is 12.7. The molecular weight excluding hydrogens is 214 g/mol. The van der Waals surface area contributed by atoms with Gasteiger partial charge in [0.1, 0.15) is 0 Å². The molecule has 0 spiro atoms. The topological polar surface area (TPSA) is 53.2 Å². The highest BCUT2D eigenvalue weighted by Gasteiger charge is 2.22. The van der Waals surface area contributed by atoms with E-state index in [4.69, 9.17) is 0 Å². The van der Waals surface area contributed by atoms with Crippen molar-refractivity contribution in [3.8, 4) is 0 Å². The molecule has 0 aliphatic carbocycles. The molecule has 1 atom stereocenters. The predicted octanol–water partition coefficient (Wildman–Crippen LogP) is -0.114. The summed E-state index contributed by atoms with van der Waals surface area (Å²) in [6, 6.07) is 0.365. The molecule has 0 bridgehead atoms. The van der Waals surface area contributed by atoms with Crippen LogP contribution in [0.15, 0.2) is 0 Å². The van der Waals surface area contributed by atoms with Gasteiger partial charge in [0.15, 0.2) is 0 Å². The Hall–Kier alpha value is -0.320. The monoisotopic (exact) mass is 233 g/mol. The largest absolute Gasteiger partial charge is 0.352 e. The average Bonchev–Trinajstić information content (AvgIpc) is 2.13. The van der Waals surface area contributed by atoms with E-state index in [0.717, 1.165) is 32.6 Å². The second-order valence-electron chi connectivity index (χ2n) is 4.34. The fourth-order valence-corrected chi connectivity index (χ4v) is 2.02. The second-order valence-corrected chi connectivity index (χ2v) is 4.34. The third-order valence-electron chi connectivity index (χ3n) is 3.00. The van der Waals surface area contributed by atoms with Crippen LogP contribution in [0.5, 0.6) is 0 Å². The van der Waals surface area contributed by atoms with Crippen molar-refractivity contribution < 1.29 is 4.79 Å². The van der Waals surface area contributed by atoms with Gasteiger partial charge < -0.3 is 16.0 Å². The van der Waals surface area contributed by atoms with E-state index in [1.54, 1.807) is 0 Å². The van der Waals surface area contributed by atoms with Crippen LogP contribution in [0.25, 0.3) is 0 Å². The van der Waals surface area contributed by atoms with Gasteiger partial charge in [-0.3, -0.25) is 4.79 Å². The van der Waals surface area contributed by atoms with Gasteiger partial charge in [0.2, 0.25) is 5.91 Å². The van der Waals surface area contributed by atoms with Crippen LogP contribution in [0, 0.1) is 5.92 Å². The second kappa shape index (κ2) is 6.30. The van der Waals surface area contributed by atoms with Crippen LogP contribution in [0.1, 0.15) is 19.3 Å². The van der Waals surface area contributed by atoms with Gasteiger partial charge >= 0.3 is 0 Å².